The molecule has 0 bridgehead atoms. The SMILES string of the molecule is C=C(C)CN(CC)S(=O)(=O)c1cc(C(=O)OC)ccc1C. The number of ether oxygens (including phenoxy) is 1. The zero-order valence-corrected chi connectivity index (χ0v) is 13.7. The van der Waals surface area contributed by atoms with E-state index in [1.807, 2.05) is 0 Å². The summed E-state index contributed by atoms with van der Waals surface area (Å²) in [6, 6.07) is 4.51. The number of hydrogen-bond acceptors (Lipinski definition) is 4. The summed E-state index contributed by atoms with van der Waals surface area (Å²) in [6.07, 6.45) is 0. The average Bonchev–Trinajstić information content (AvgIpc) is 2.43. The highest BCUT2D eigenvalue weighted by Gasteiger charge is 2.25. The maximum Gasteiger partial charge on any atom is 0.337 e. The van der Waals surface area contributed by atoms with E-state index in [1.54, 1.807) is 32.9 Å². The van der Waals surface area contributed by atoms with Crippen molar-refractivity contribution < 1.29 is 17.9 Å². The highest BCUT2D eigenvalue weighted by atomic mass is 32.2. The largest absolute Gasteiger partial charge is 0.465 e. The summed E-state index contributed by atoms with van der Waals surface area (Å²) in [6.45, 7) is 9.57. The fourth-order valence-electron chi connectivity index (χ4n) is 1.93. The van der Waals surface area contributed by atoms with E-state index in [-0.39, 0.29) is 17.0 Å². The van der Waals surface area contributed by atoms with Gasteiger partial charge in [-0.2, -0.15) is 4.31 Å². The number of sulfonamides is 1. The summed E-state index contributed by atoms with van der Waals surface area (Å²) in [5, 5.41) is 0. The van der Waals surface area contributed by atoms with E-state index in [9.17, 15) is 13.2 Å². The molecule has 0 amide bonds. The quantitative estimate of drug-likeness (QED) is 0.597. The molecular formula is C15H21NO4S. The van der Waals surface area contributed by atoms with Crippen LogP contribution >= 0.6 is 0 Å². The van der Waals surface area contributed by atoms with E-state index in [1.165, 1.54) is 17.5 Å². The minimum absolute atomic E-state index is 0.119. The van der Waals surface area contributed by atoms with Gasteiger partial charge in [0, 0.05) is 13.1 Å². The van der Waals surface area contributed by atoms with Gasteiger partial charge in [0.15, 0.2) is 0 Å². The second-order valence-corrected chi connectivity index (χ2v) is 6.77. The summed E-state index contributed by atoms with van der Waals surface area (Å²) >= 11 is 0. The van der Waals surface area contributed by atoms with Crippen LogP contribution in [0.3, 0.4) is 0 Å². The van der Waals surface area contributed by atoms with Crippen molar-refractivity contribution in [2.45, 2.75) is 25.7 Å². The molecule has 0 spiro atoms. The van der Waals surface area contributed by atoms with E-state index < -0.39 is 16.0 Å². The minimum Gasteiger partial charge on any atom is -0.465 e. The predicted octanol–water partition coefficient (Wildman–Crippen LogP) is 2.37. The van der Waals surface area contributed by atoms with Crippen LogP contribution in [0.15, 0.2) is 35.2 Å². The molecule has 0 atom stereocenters. The van der Waals surface area contributed by atoms with E-state index in [2.05, 4.69) is 11.3 Å². The van der Waals surface area contributed by atoms with E-state index in [0.717, 1.165) is 5.57 Å². The lowest BCUT2D eigenvalue weighted by Crippen LogP contribution is -2.32. The molecule has 0 unspecified atom stereocenters. The van der Waals surface area contributed by atoms with Gasteiger partial charge in [0.1, 0.15) is 0 Å². The Bertz CT molecular complexity index is 650. The summed E-state index contributed by atoms with van der Waals surface area (Å²) < 4.78 is 31.4. The molecule has 0 aliphatic rings. The van der Waals surface area contributed by atoms with E-state index in [4.69, 9.17) is 0 Å². The zero-order valence-electron chi connectivity index (χ0n) is 12.8. The zero-order chi connectivity index (χ0) is 16.2. The van der Waals surface area contributed by atoms with Crippen molar-refractivity contribution in [1.29, 1.82) is 0 Å². The molecule has 0 heterocycles. The van der Waals surface area contributed by atoms with Gasteiger partial charge in [-0.15, -0.1) is 0 Å². The third-order valence-electron chi connectivity index (χ3n) is 3.03. The number of likely N-dealkylation sites (N-methyl/N-ethyl adjacent to an activating group) is 1. The summed E-state index contributed by atoms with van der Waals surface area (Å²) in [4.78, 5) is 11.7. The lowest BCUT2D eigenvalue weighted by molar-refractivity contribution is 0.0600. The number of carbonyl (C=O) groups excluding carboxylic acids is 1. The number of carbonyl (C=O) groups is 1. The number of rotatable bonds is 6. The molecule has 0 aliphatic carbocycles. The van der Waals surface area contributed by atoms with Gasteiger partial charge in [-0.25, -0.2) is 13.2 Å². The molecule has 21 heavy (non-hydrogen) atoms. The maximum absolute atomic E-state index is 12.7. The molecule has 1 rings (SSSR count). The Morgan fingerprint density at radius 2 is 2.00 bits per heavy atom. The molecule has 0 N–H and O–H groups in total. The maximum atomic E-state index is 12.7. The van der Waals surface area contributed by atoms with Crippen LogP contribution in [-0.2, 0) is 14.8 Å². The van der Waals surface area contributed by atoms with Crippen molar-refractivity contribution in [1.82, 2.24) is 4.31 Å². The second-order valence-electron chi connectivity index (χ2n) is 4.86. The topological polar surface area (TPSA) is 63.7 Å². The Hall–Kier alpha value is -1.66. The Kier molecular flexibility index (Phi) is 5.69. The van der Waals surface area contributed by atoms with Crippen LogP contribution < -0.4 is 0 Å². The smallest absolute Gasteiger partial charge is 0.337 e. The summed E-state index contributed by atoms with van der Waals surface area (Å²) in [5.74, 6) is -0.561. The molecule has 6 heteroatoms. The molecule has 0 saturated heterocycles. The normalized spacial score (nSPS) is 11.5. The Labute approximate surface area is 126 Å². The van der Waals surface area contributed by atoms with E-state index in [0.29, 0.717) is 12.1 Å². The molecule has 5 nitrogen and oxygen atoms in total. The standard InChI is InChI=1S/C15H21NO4S/c1-6-16(10-11(2)3)21(18,19)14-9-13(15(17)20-5)8-7-12(14)4/h7-9H,2,6,10H2,1,3-5H3. The third-order valence-corrected chi connectivity index (χ3v) is 5.09. The molecule has 0 saturated carbocycles. The molecule has 1 aromatic rings. The number of benzene rings is 1. The highest BCUT2D eigenvalue weighted by Crippen LogP contribution is 2.22. The first-order chi connectivity index (χ1) is 9.73. The monoisotopic (exact) mass is 311 g/mol. The van der Waals surface area contributed by atoms with Crippen LogP contribution in [0.1, 0.15) is 29.8 Å². The summed E-state index contributed by atoms with van der Waals surface area (Å²) in [5.41, 5.74) is 1.55. The lowest BCUT2D eigenvalue weighted by atomic mass is 10.1. The van der Waals surface area contributed by atoms with Crippen LogP contribution in [0.25, 0.3) is 0 Å². The predicted molar refractivity (Wildman–Crippen MR) is 81.8 cm³/mol. The van der Waals surface area contributed by atoms with Gasteiger partial charge in [0.05, 0.1) is 17.6 Å². The van der Waals surface area contributed by atoms with Gasteiger partial charge >= 0.3 is 5.97 Å². The molecule has 116 valence electrons. The first-order valence-electron chi connectivity index (χ1n) is 6.57. The number of esters is 1. The fourth-order valence-corrected chi connectivity index (χ4v) is 3.69. The average molecular weight is 311 g/mol. The number of aryl methyl sites for hydroxylation is 1. The van der Waals surface area contributed by atoms with Crippen LogP contribution in [0.4, 0.5) is 0 Å². The number of methoxy groups -OCH3 is 1. The minimum atomic E-state index is -3.68. The van der Waals surface area contributed by atoms with Gasteiger partial charge in [0.25, 0.3) is 0 Å². The van der Waals surface area contributed by atoms with Gasteiger partial charge in [-0.1, -0.05) is 25.1 Å². The first-order valence-corrected chi connectivity index (χ1v) is 8.01. The summed E-state index contributed by atoms with van der Waals surface area (Å²) in [7, 11) is -2.42. The molecule has 1 aromatic carbocycles. The molecule has 0 radical (unpaired) electrons. The number of hydrogen-bond donors (Lipinski definition) is 0. The highest BCUT2D eigenvalue weighted by molar-refractivity contribution is 7.89. The van der Waals surface area contributed by atoms with Crippen molar-refractivity contribution in [3.05, 3.63) is 41.5 Å². The van der Waals surface area contributed by atoms with Gasteiger partial charge in [0.2, 0.25) is 10.0 Å². The second kappa shape index (κ2) is 6.87. The Balaban J connectivity index is 3.35. The van der Waals surface area contributed by atoms with Crippen LogP contribution in [0, 0.1) is 6.92 Å². The Morgan fingerprint density at radius 1 is 1.38 bits per heavy atom. The van der Waals surface area contributed by atoms with Crippen molar-refractivity contribution >= 4 is 16.0 Å². The van der Waals surface area contributed by atoms with Crippen LogP contribution in [0.2, 0.25) is 0 Å². The van der Waals surface area contributed by atoms with E-state index >= 15 is 0 Å². The van der Waals surface area contributed by atoms with Crippen molar-refractivity contribution in [3.8, 4) is 0 Å². The first kappa shape index (κ1) is 17.4. The van der Waals surface area contributed by atoms with Crippen molar-refractivity contribution in [2.24, 2.45) is 0 Å². The molecule has 0 fully saturated rings. The van der Waals surface area contributed by atoms with Crippen LogP contribution in [0.5, 0.6) is 0 Å². The van der Waals surface area contributed by atoms with Crippen LogP contribution in [-0.4, -0.2) is 38.9 Å². The molecule has 0 aromatic heterocycles. The van der Waals surface area contributed by atoms with Crippen molar-refractivity contribution in [2.75, 3.05) is 20.2 Å². The Morgan fingerprint density at radius 3 is 2.48 bits per heavy atom. The number of nitrogens with zero attached hydrogens (tertiary/aromatic N) is 1. The lowest BCUT2D eigenvalue weighted by Gasteiger charge is -2.22. The van der Waals surface area contributed by atoms with Gasteiger partial charge in [-0.3, -0.25) is 0 Å². The van der Waals surface area contributed by atoms with Crippen molar-refractivity contribution in [3.63, 3.8) is 0 Å². The van der Waals surface area contributed by atoms with Gasteiger partial charge < -0.3 is 4.74 Å². The fraction of sp³-hybridized carbons (Fsp3) is 0.400. The molecular weight excluding hydrogens is 290 g/mol. The third kappa shape index (κ3) is 3.92. The molecule has 0 aliphatic heterocycles. The van der Waals surface area contributed by atoms with Gasteiger partial charge in [-0.05, 0) is 31.5 Å².